The molecule has 4 aromatic rings. The van der Waals surface area contributed by atoms with Crippen LogP contribution in [0.4, 0.5) is 15.9 Å². The van der Waals surface area contributed by atoms with Crippen molar-refractivity contribution in [1.29, 1.82) is 0 Å². The first-order valence-electron chi connectivity index (χ1n) is 11.9. The van der Waals surface area contributed by atoms with E-state index in [0.717, 1.165) is 11.1 Å². The summed E-state index contributed by atoms with van der Waals surface area (Å²) in [4.78, 5) is 24.8. The first-order chi connectivity index (χ1) is 17.8. The summed E-state index contributed by atoms with van der Waals surface area (Å²) >= 11 is 12.3. The Bertz CT molecular complexity index is 1520. The lowest BCUT2D eigenvalue weighted by Gasteiger charge is -2.45. The number of hydrogen-bond donors (Lipinski definition) is 0. The van der Waals surface area contributed by atoms with Gasteiger partial charge in [-0.25, -0.2) is 0 Å². The highest BCUT2D eigenvalue weighted by Crippen LogP contribution is 2.36. The molecule has 0 amide bonds. The van der Waals surface area contributed by atoms with Crippen LogP contribution in [0.2, 0.25) is 10.0 Å². The summed E-state index contributed by atoms with van der Waals surface area (Å²) in [5, 5.41) is 1.33. The molecule has 1 saturated heterocycles. The molecule has 1 fully saturated rings. The molecule has 0 bridgehead atoms. The molecule has 3 heterocycles. The number of aryl methyl sites for hydroxylation is 1. The van der Waals surface area contributed by atoms with Crippen molar-refractivity contribution >= 4 is 45.7 Å². The van der Waals surface area contributed by atoms with Crippen LogP contribution < -0.4 is 10.5 Å². The molecule has 0 aliphatic carbocycles. The lowest BCUT2D eigenvalue weighted by Crippen LogP contribution is -2.53. The van der Waals surface area contributed by atoms with Gasteiger partial charge in [-0.1, -0.05) is 54.0 Å². The normalized spacial score (nSPS) is 16.4. The van der Waals surface area contributed by atoms with E-state index in [9.17, 15) is 4.79 Å². The molecule has 1 aliphatic rings. The molecule has 2 aromatic carbocycles. The van der Waals surface area contributed by atoms with Gasteiger partial charge in [0.2, 0.25) is 11.3 Å². The molecule has 188 valence electrons. The van der Waals surface area contributed by atoms with Crippen molar-refractivity contribution in [3.8, 4) is 0 Å². The number of nitrogens with zero attached hydrogens (tertiary/aromatic N) is 5. The van der Waals surface area contributed by atoms with Gasteiger partial charge < -0.3 is 14.3 Å². The lowest BCUT2D eigenvalue weighted by atomic mass is 9.94. The number of benzene rings is 2. The maximum Gasteiger partial charge on any atom is 0.289 e. The van der Waals surface area contributed by atoms with Crippen LogP contribution in [0.3, 0.4) is 0 Å². The van der Waals surface area contributed by atoms with E-state index in [1.54, 1.807) is 12.1 Å². The number of hydrogen-bond acceptors (Lipinski definition) is 4. The van der Waals surface area contributed by atoms with Crippen molar-refractivity contribution < 1.29 is 4.39 Å². The minimum Gasteiger partial charge on any atom is -0.363 e. The monoisotopic (exact) mass is 535 g/mol. The maximum absolute atomic E-state index is 15.5. The maximum atomic E-state index is 15.5. The molecular weight excluding hydrogens is 512 g/mol. The summed E-state index contributed by atoms with van der Waals surface area (Å²) in [5.74, 6) is -0.693. The first-order valence-corrected chi connectivity index (χ1v) is 12.6. The van der Waals surface area contributed by atoms with Gasteiger partial charge in [-0.3, -0.25) is 9.69 Å². The minimum atomic E-state index is -0.850. The number of anilines is 1. The molecule has 0 radical (unpaired) electrons. The molecule has 5 rings (SSSR count). The Morgan fingerprint density at radius 2 is 1.59 bits per heavy atom. The fraction of sp³-hybridized carbons (Fsp3) is 0.250. The van der Waals surface area contributed by atoms with E-state index in [2.05, 4.69) is 21.7 Å². The number of pyridine rings is 2. The zero-order valence-corrected chi connectivity index (χ0v) is 21.8. The quantitative estimate of drug-likeness (QED) is 0.290. The molecule has 9 heteroatoms. The summed E-state index contributed by atoms with van der Waals surface area (Å²) in [5.41, 5.74) is 2.42. The standard InChI is InChI=1S/C28H24Cl2FN5O/c1-17-16-35(27-24(31)28(37)34(3)22-12-13-23(32-2)33-25(22)27)14-15-36(17)26(18-4-8-20(29)9-5-18)19-6-10-21(30)11-7-19/h4-13,17,26H,14-16H2,1,3H3/t17-/m1/s1. The van der Waals surface area contributed by atoms with Crippen LogP contribution in [-0.2, 0) is 7.05 Å². The largest absolute Gasteiger partial charge is 0.363 e. The molecule has 0 saturated carbocycles. The van der Waals surface area contributed by atoms with Gasteiger partial charge in [-0.05, 0) is 54.4 Å². The van der Waals surface area contributed by atoms with Crippen molar-refractivity contribution in [3.05, 3.63) is 109 Å². The highest BCUT2D eigenvalue weighted by Gasteiger charge is 2.34. The fourth-order valence-electron chi connectivity index (χ4n) is 5.12. The second-order valence-electron chi connectivity index (χ2n) is 9.21. The van der Waals surface area contributed by atoms with E-state index in [0.29, 0.717) is 40.7 Å². The Labute approximate surface area is 224 Å². The summed E-state index contributed by atoms with van der Waals surface area (Å²) in [7, 11) is 1.51. The molecule has 0 spiro atoms. The van der Waals surface area contributed by atoms with Crippen LogP contribution in [0.25, 0.3) is 15.9 Å². The van der Waals surface area contributed by atoms with Crippen LogP contribution in [0, 0.1) is 12.4 Å². The highest BCUT2D eigenvalue weighted by atomic mass is 35.5. The summed E-state index contributed by atoms with van der Waals surface area (Å²) in [6, 6.07) is 18.7. The molecular formula is C28H24Cl2FN5O. The van der Waals surface area contributed by atoms with Crippen molar-refractivity contribution in [2.45, 2.75) is 19.0 Å². The smallest absolute Gasteiger partial charge is 0.289 e. The van der Waals surface area contributed by atoms with Gasteiger partial charge >= 0.3 is 0 Å². The van der Waals surface area contributed by atoms with Gasteiger partial charge in [0.1, 0.15) is 5.69 Å². The number of fused-ring (bicyclic) bond motifs is 1. The Kier molecular flexibility index (Phi) is 6.91. The SMILES string of the molecule is [C-]#[N+]c1ccc2c(n1)c(N1CCN(C(c3ccc(Cl)cc3)c3ccc(Cl)cc3)[C@H](C)C1)c(F)c(=O)n2C. The van der Waals surface area contributed by atoms with Gasteiger partial charge in [0.05, 0.1) is 11.6 Å². The molecule has 1 aliphatic heterocycles. The zero-order chi connectivity index (χ0) is 26.3. The van der Waals surface area contributed by atoms with Gasteiger partial charge in [0.25, 0.3) is 11.4 Å². The van der Waals surface area contributed by atoms with E-state index < -0.39 is 11.4 Å². The summed E-state index contributed by atoms with van der Waals surface area (Å²) in [6.07, 6.45) is 0. The third-order valence-electron chi connectivity index (χ3n) is 6.96. The number of rotatable bonds is 4. The average molecular weight is 536 g/mol. The summed E-state index contributed by atoms with van der Waals surface area (Å²) < 4.78 is 16.7. The summed E-state index contributed by atoms with van der Waals surface area (Å²) in [6.45, 7) is 11.0. The first kappa shape index (κ1) is 25.2. The van der Waals surface area contributed by atoms with Crippen LogP contribution >= 0.6 is 23.2 Å². The van der Waals surface area contributed by atoms with Crippen molar-refractivity contribution in [1.82, 2.24) is 14.5 Å². The predicted octanol–water partition coefficient (Wildman–Crippen LogP) is 6.23. The molecule has 1 atom stereocenters. The molecule has 0 N–H and O–H groups in total. The van der Waals surface area contributed by atoms with Crippen LogP contribution in [0.15, 0.2) is 65.5 Å². The molecule has 0 unspecified atom stereocenters. The van der Waals surface area contributed by atoms with Crippen molar-refractivity contribution in [3.63, 3.8) is 0 Å². The van der Waals surface area contributed by atoms with Gasteiger partial charge in [-0.2, -0.15) is 4.39 Å². The third-order valence-corrected chi connectivity index (χ3v) is 7.46. The number of piperazine rings is 1. The van der Waals surface area contributed by atoms with E-state index in [1.807, 2.05) is 53.4 Å². The Balaban J connectivity index is 1.54. The van der Waals surface area contributed by atoms with Crippen LogP contribution in [0.5, 0.6) is 0 Å². The minimum absolute atomic E-state index is 0.00680. The van der Waals surface area contributed by atoms with E-state index >= 15 is 4.39 Å². The van der Waals surface area contributed by atoms with Crippen LogP contribution in [-0.4, -0.2) is 40.1 Å². The second kappa shape index (κ2) is 10.1. The fourth-order valence-corrected chi connectivity index (χ4v) is 5.38. The Morgan fingerprint density at radius 1 is 1.00 bits per heavy atom. The topological polar surface area (TPSA) is 45.7 Å². The highest BCUT2D eigenvalue weighted by molar-refractivity contribution is 6.30. The van der Waals surface area contributed by atoms with Gasteiger partial charge in [-0.15, -0.1) is 4.98 Å². The Hall–Kier alpha value is -3.44. The predicted molar refractivity (Wildman–Crippen MR) is 146 cm³/mol. The van der Waals surface area contributed by atoms with E-state index in [-0.39, 0.29) is 23.6 Å². The third kappa shape index (κ3) is 4.69. The number of aromatic nitrogens is 2. The zero-order valence-electron chi connectivity index (χ0n) is 20.3. The lowest BCUT2D eigenvalue weighted by molar-refractivity contribution is 0.150. The van der Waals surface area contributed by atoms with E-state index in [4.69, 9.17) is 29.8 Å². The van der Waals surface area contributed by atoms with Crippen LogP contribution in [0.1, 0.15) is 24.1 Å². The Morgan fingerprint density at radius 3 is 2.14 bits per heavy atom. The molecule has 6 nitrogen and oxygen atoms in total. The molecule has 2 aromatic heterocycles. The van der Waals surface area contributed by atoms with Gasteiger partial charge in [0, 0.05) is 42.8 Å². The number of halogens is 3. The van der Waals surface area contributed by atoms with E-state index in [1.165, 1.54) is 11.6 Å². The van der Waals surface area contributed by atoms with Crippen molar-refractivity contribution in [2.24, 2.45) is 7.05 Å². The average Bonchev–Trinajstić information content (AvgIpc) is 2.90. The van der Waals surface area contributed by atoms with Gasteiger partial charge in [0.15, 0.2) is 0 Å². The second-order valence-corrected chi connectivity index (χ2v) is 10.1. The van der Waals surface area contributed by atoms with Crippen molar-refractivity contribution in [2.75, 3.05) is 24.5 Å². The molecule has 37 heavy (non-hydrogen) atoms.